The van der Waals surface area contributed by atoms with E-state index in [4.69, 9.17) is 0 Å². The Morgan fingerprint density at radius 3 is 1.76 bits per heavy atom. The van der Waals surface area contributed by atoms with Crippen LogP contribution in [0.3, 0.4) is 0 Å². The predicted octanol–water partition coefficient (Wildman–Crippen LogP) is 7.23. The van der Waals surface area contributed by atoms with Crippen LogP contribution in [-0.2, 0) is 14.3 Å². The lowest BCUT2D eigenvalue weighted by molar-refractivity contribution is -0.501. The molecule has 1 amide bonds. The van der Waals surface area contributed by atoms with Gasteiger partial charge in [-0.2, -0.15) is 70.2 Å². The third kappa shape index (κ3) is 8.27. The normalized spacial score (nSPS) is 15.5. The van der Waals surface area contributed by atoms with Crippen LogP contribution in [0.25, 0.3) is 0 Å². The Morgan fingerprint density at radius 1 is 0.878 bits per heavy atom. The summed E-state index contributed by atoms with van der Waals surface area (Å²) >= 11 is 0. The molecule has 0 bridgehead atoms. The van der Waals surface area contributed by atoms with E-state index in [0.717, 1.165) is 17.4 Å². The molecule has 21 heteroatoms. The molecule has 0 aliphatic heterocycles. The third-order valence-electron chi connectivity index (χ3n) is 5.19. The van der Waals surface area contributed by atoms with Crippen molar-refractivity contribution >= 4 is 24.9 Å². The van der Waals surface area contributed by atoms with E-state index in [-0.39, 0.29) is 5.19 Å². The van der Waals surface area contributed by atoms with Gasteiger partial charge in [0.05, 0.1) is 6.42 Å². The highest BCUT2D eigenvalue weighted by atomic mass is 28.3. The van der Waals surface area contributed by atoms with Crippen LogP contribution in [0.5, 0.6) is 0 Å². The van der Waals surface area contributed by atoms with Crippen LogP contribution in [0.4, 0.5) is 75.9 Å². The highest BCUT2D eigenvalue weighted by molar-refractivity contribution is 6.93. The zero-order chi connectivity index (χ0) is 32.7. The van der Waals surface area contributed by atoms with E-state index >= 15 is 0 Å². The molecule has 1 aromatic carbocycles. The number of carbonyl (C=O) groups is 1. The minimum Gasteiger partial charge on any atom is -0.323 e. The van der Waals surface area contributed by atoms with Crippen LogP contribution >= 0.6 is 0 Å². The van der Waals surface area contributed by atoms with Gasteiger partial charge in [-0.1, -0.05) is 36.1 Å². The SMILES string of the molecule is C=C[Si](C)(C)c1cccc(NC(=O)C(OC(F)(F)C(F)(F)OC(CC(F)(F)F)C(F)(F)F)(C(F)(F)F)C(F)(F)F)c1. The smallest absolute Gasteiger partial charge is 0.323 e. The fourth-order valence-corrected chi connectivity index (χ4v) is 4.14. The number of carbonyl (C=O) groups excluding carboxylic acids is 1. The summed E-state index contributed by atoms with van der Waals surface area (Å²) in [6, 6.07) is 3.74. The van der Waals surface area contributed by atoms with Gasteiger partial charge in [0, 0.05) is 5.69 Å². The highest BCUT2D eigenvalue weighted by Gasteiger charge is 2.82. The first-order valence-corrected chi connectivity index (χ1v) is 13.5. The largest absolute Gasteiger partial charge is 0.449 e. The Balaban J connectivity index is 3.68. The molecular weight excluding hydrogens is 634 g/mol. The van der Waals surface area contributed by atoms with Crippen LogP contribution in [0, 0.1) is 0 Å². The van der Waals surface area contributed by atoms with Crippen molar-refractivity contribution in [2.24, 2.45) is 0 Å². The number of nitrogens with one attached hydrogen (secondary N) is 1. The molecular formula is C20H17F16NO3Si. The molecule has 0 aliphatic rings. The topological polar surface area (TPSA) is 47.6 Å². The first kappa shape index (κ1) is 36.5. The number of hydrogen-bond donors (Lipinski definition) is 1. The maximum absolute atomic E-state index is 14.2. The molecule has 1 rings (SSSR count). The lowest BCUT2D eigenvalue weighted by atomic mass is 10.0. The fraction of sp³-hybridized carbons (Fsp3) is 0.550. The molecule has 1 aromatic rings. The van der Waals surface area contributed by atoms with Crippen molar-refractivity contribution in [1.82, 2.24) is 0 Å². The first-order valence-electron chi connectivity index (χ1n) is 10.4. The fourth-order valence-electron chi connectivity index (χ4n) is 2.85. The Kier molecular flexibility index (Phi) is 10.0. The summed E-state index contributed by atoms with van der Waals surface area (Å²) in [5.74, 6) is -3.61. The quantitative estimate of drug-likeness (QED) is 0.215. The van der Waals surface area contributed by atoms with E-state index in [1.807, 2.05) is 0 Å². The number of halogens is 16. The minimum atomic E-state index is -7.45. The van der Waals surface area contributed by atoms with Crippen molar-refractivity contribution in [2.45, 2.75) is 68.1 Å². The monoisotopic (exact) mass is 651 g/mol. The molecule has 1 atom stereocenters. The van der Waals surface area contributed by atoms with Gasteiger partial charge in [0.15, 0.2) is 6.10 Å². The number of ether oxygens (including phenoxy) is 2. The maximum Gasteiger partial charge on any atom is 0.449 e. The van der Waals surface area contributed by atoms with Crippen molar-refractivity contribution in [2.75, 3.05) is 5.32 Å². The van der Waals surface area contributed by atoms with Crippen LogP contribution in [0.2, 0.25) is 13.1 Å². The first-order chi connectivity index (χ1) is 17.9. The number of amides is 1. The second kappa shape index (κ2) is 11.3. The second-order valence-electron chi connectivity index (χ2n) is 8.74. The lowest BCUT2D eigenvalue weighted by Gasteiger charge is -2.39. The number of benzene rings is 1. The third-order valence-corrected chi connectivity index (χ3v) is 8.00. The Hall–Kier alpha value is -2.55. The molecule has 0 saturated heterocycles. The number of hydrogen-bond acceptors (Lipinski definition) is 3. The molecule has 0 aromatic heterocycles. The number of anilines is 1. The summed E-state index contributed by atoms with van der Waals surface area (Å²) in [5.41, 5.74) is -6.47. The number of rotatable bonds is 10. The van der Waals surface area contributed by atoms with Crippen LogP contribution in [0.1, 0.15) is 6.42 Å². The Bertz CT molecular complexity index is 1080. The van der Waals surface area contributed by atoms with Crippen LogP contribution < -0.4 is 10.5 Å². The summed E-state index contributed by atoms with van der Waals surface area (Å²) in [7, 11) is -2.64. The van der Waals surface area contributed by atoms with Gasteiger partial charge >= 0.3 is 42.5 Å². The van der Waals surface area contributed by atoms with Crippen molar-refractivity contribution < 1.29 is 84.5 Å². The van der Waals surface area contributed by atoms with Gasteiger partial charge in [0.1, 0.15) is 8.07 Å². The molecule has 236 valence electrons. The van der Waals surface area contributed by atoms with Gasteiger partial charge < -0.3 is 10.1 Å². The Labute approximate surface area is 220 Å². The summed E-state index contributed by atoms with van der Waals surface area (Å²) in [6.07, 6.45) is -50.4. The predicted molar refractivity (Wildman–Crippen MR) is 110 cm³/mol. The molecule has 1 unspecified atom stereocenters. The Morgan fingerprint density at radius 2 is 1.37 bits per heavy atom. The molecule has 41 heavy (non-hydrogen) atoms. The second-order valence-corrected chi connectivity index (χ2v) is 13.2. The molecule has 0 saturated carbocycles. The zero-order valence-corrected chi connectivity index (χ0v) is 21.2. The number of alkyl halides is 16. The van der Waals surface area contributed by atoms with E-state index in [1.54, 1.807) is 13.1 Å². The summed E-state index contributed by atoms with van der Waals surface area (Å²) < 4.78 is 218. The molecule has 0 fully saturated rings. The van der Waals surface area contributed by atoms with Crippen LogP contribution in [0.15, 0.2) is 36.5 Å². The lowest BCUT2D eigenvalue weighted by Crippen LogP contribution is -2.70. The molecule has 0 radical (unpaired) electrons. The van der Waals surface area contributed by atoms with Crippen molar-refractivity contribution in [1.29, 1.82) is 0 Å². The summed E-state index contributed by atoms with van der Waals surface area (Å²) in [4.78, 5) is 12.3. The van der Waals surface area contributed by atoms with Crippen molar-refractivity contribution in [3.8, 4) is 0 Å². The molecule has 0 heterocycles. The standard InChI is InChI=1S/C20H17F16NO3Si/c1-4-41(2,3)11-7-5-6-10(8-11)37-13(38)15(17(27,28)29,18(30,31)32)40-20(35,36)19(33,34)39-12(16(24,25)26)9-14(21,22)23/h4-8,12H,1,9H2,2-3H3,(H,37,38). The minimum absolute atomic E-state index is 0.198. The summed E-state index contributed by atoms with van der Waals surface area (Å²) in [6.45, 7) is 6.61. The molecule has 1 N–H and O–H groups in total. The van der Waals surface area contributed by atoms with Gasteiger partial charge in [0.25, 0.3) is 5.91 Å². The van der Waals surface area contributed by atoms with E-state index < -0.39 is 74.7 Å². The van der Waals surface area contributed by atoms with E-state index in [9.17, 15) is 75.0 Å². The van der Waals surface area contributed by atoms with E-state index in [1.165, 1.54) is 11.8 Å². The van der Waals surface area contributed by atoms with E-state index in [0.29, 0.717) is 6.07 Å². The van der Waals surface area contributed by atoms with Crippen LogP contribution in [-0.4, -0.2) is 62.6 Å². The maximum atomic E-state index is 14.2. The van der Waals surface area contributed by atoms with Crippen molar-refractivity contribution in [3.05, 3.63) is 36.5 Å². The highest BCUT2D eigenvalue weighted by Crippen LogP contribution is 2.52. The van der Waals surface area contributed by atoms with E-state index in [2.05, 4.69) is 16.1 Å². The van der Waals surface area contributed by atoms with Crippen molar-refractivity contribution in [3.63, 3.8) is 0 Å². The van der Waals surface area contributed by atoms with Gasteiger partial charge in [-0.25, -0.2) is 0 Å². The van der Waals surface area contributed by atoms with Gasteiger partial charge in [-0.05, 0) is 12.1 Å². The molecule has 0 aliphatic carbocycles. The van der Waals surface area contributed by atoms with Gasteiger partial charge in [0.2, 0.25) is 0 Å². The average molecular weight is 651 g/mol. The molecule has 0 spiro atoms. The average Bonchev–Trinajstić information content (AvgIpc) is 2.73. The zero-order valence-electron chi connectivity index (χ0n) is 20.2. The summed E-state index contributed by atoms with van der Waals surface area (Å²) in [5, 5.41) is 1.14. The van der Waals surface area contributed by atoms with Gasteiger partial charge in [-0.3, -0.25) is 9.53 Å². The molecule has 4 nitrogen and oxygen atoms in total. The van der Waals surface area contributed by atoms with Gasteiger partial charge in [-0.15, -0.1) is 6.58 Å².